The van der Waals surface area contributed by atoms with Crippen molar-refractivity contribution in [1.29, 1.82) is 0 Å². The lowest BCUT2D eigenvalue weighted by Gasteiger charge is -2.41. The maximum atomic E-state index is 12.9. The summed E-state index contributed by atoms with van der Waals surface area (Å²) in [6.45, 7) is 0. The topological polar surface area (TPSA) is 60.8 Å². The number of aliphatic hydroxyl groups excluding tert-OH is 1. The quantitative estimate of drug-likeness (QED) is 0.833. The number of phenols is 1. The Kier molecular flexibility index (Phi) is 4.30. The third kappa shape index (κ3) is 3.35. The van der Waals surface area contributed by atoms with Gasteiger partial charge in [-0.05, 0) is 54.8 Å². The van der Waals surface area contributed by atoms with Gasteiger partial charge in [0.05, 0.1) is 6.10 Å². The van der Waals surface area contributed by atoms with Crippen LogP contribution in [0.5, 0.6) is 5.75 Å². The summed E-state index contributed by atoms with van der Waals surface area (Å²) in [7, 11) is 0. The Balaban J connectivity index is 1.60. The highest BCUT2D eigenvalue weighted by molar-refractivity contribution is 6.00. The van der Waals surface area contributed by atoms with Gasteiger partial charge in [-0.1, -0.05) is 12.1 Å². The SMILES string of the molecule is O=C1C[C@H](CC[C@H](O)c2ccc(F)cc2)N1c1ccc(O)cc1. The van der Waals surface area contributed by atoms with E-state index < -0.39 is 6.10 Å². The van der Waals surface area contributed by atoms with Gasteiger partial charge in [0.1, 0.15) is 11.6 Å². The molecule has 1 amide bonds. The number of benzene rings is 2. The summed E-state index contributed by atoms with van der Waals surface area (Å²) in [4.78, 5) is 13.5. The van der Waals surface area contributed by atoms with Crippen LogP contribution < -0.4 is 4.90 Å². The average Bonchev–Trinajstić information content (AvgIpc) is 2.53. The Bertz CT molecular complexity index is 684. The highest BCUT2D eigenvalue weighted by Crippen LogP contribution is 2.33. The summed E-state index contributed by atoms with van der Waals surface area (Å²) in [5, 5.41) is 19.5. The van der Waals surface area contributed by atoms with E-state index >= 15 is 0 Å². The van der Waals surface area contributed by atoms with E-state index in [0.717, 1.165) is 5.69 Å². The first-order valence-corrected chi connectivity index (χ1v) is 7.59. The lowest BCUT2D eigenvalue weighted by atomic mass is 9.93. The zero-order valence-corrected chi connectivity index (χ0v) is 12.5. The van der Waals surface area contributed by atoms with Crippen molar-refractivity contribution in [3.8, 4) is 5.75 Å². The molecule has 0 spiro atoms. The molecule has 23 heavy (non-hydrogen) atoms. The number of aromatic hydroxyl groups is 1. The van der Waals surface area contributed by atoms with Gasteiger partial charge >= 0.3 is 0 Å². The van der Waals surface area contributed by atoms with Crippen molar-refractivity contribution in [3.63, 3.8) is 0 Å². The molecule has 1 aliphatic rings. The predicted molar refractivity (Wildman–Crippen MR) is 84.6 cm³/mol. The average molecular weight is 315 g/mol. The molecule has 4 nitrogen and oxygen atoms in total. The van der Waals surface area contributed by atoms with Crippen LogP contribution in [0.15, 0.2) is 48.5 Å². The van der Waals surface area contributed by atoms with Crippen molar-refractivity contribution < 1.29 is 19.4 Å². The molecule has 2 aromatic carbocycles. The van der Waals surface area contributed by atoms with E-state index in [0.29, 0.717) is 24.8 Å². The minimum atomic E-state index is -0.673. The lowest BCUT2D eigenvalue weighted by Crippen LogP contribution is -2.52. The van der Waals surface area contributed by atoms with Gasteiger partial charge in [0, 0.05) is 18.2 Å². The van der Waals surface area contributed by atoms with E-state index in [2.05, 4.69) is 0 Å². The normalized spacial score (nSPS) is 18.6. The second-order valence-electron chi connectivity index (χ2n) is 5.78. The largest absolute Gasteiger partial charge is 0.508 e. The van der Waals surface area contributed by atoms with Gasteiger partial charge in [-0.15, -0.1) is 0 Å². The molecule has 1 heterocycles. The number of carbonyl (C=O) groups is 1. The number of β-lactam (4-membered cyclic amide) rings is 1. The zero-order chi connectivity index (χ0) is 16.4. The number of phenolic OH excluding ortho intramolecular Hbond substituents is 1. The fourth-order valence-electron chi connectivity index (χ4n) is 2.88. The first-order chi connectivity index (χ1) is 11.0. The molecule has 0 aliphatic carbocycles. The molecule has 1 fully saturated rings. The Morgan fingerprint density at radius 1 is 1.13 bits per heavy atom. The predicted octanol–water partition coefficient (Wildman–Crippen LogP) is 3.15. The molecule has 3 rings (SSSR count). The fraction of sp³-hybridized carbons (Fsp3) is 0.278. The summed E-state index contributed by atoms with van der Waals surface area (Å²) in [5.74, 6) is -0.133. The van der Waals surface area contributed by atoms with Crippen LogP contribution in [0.1, 0.15) is 30.9 Å². The van der Waals surface area contributed by atoms with Crippen molar-refractivity contribution in [2.24, 2.45) is 0 Å². The van der Waals surface area contributed by atoms with Gasteiger partial charge in [-0.25, -0.2) is 4.39 Å². The Labute approximate surface area is 133 Å². The van der Waals surface area contributed by atoms with Crippen LogP contribution in [-0.2, 0) is 4.79 Å². The second kappa shape index (κ2) is 6.38. The maximum absolute atomic E-state index is 12.9. The molecule has 2 aromatic rings. The van der Waals surface area contributed by atoms with Crippen LogP contribution in [-0.4, -0.2) is 22.2 Å². The van der Waals surface area contributed by atoms with Crippen LogP contribution in [0.2, 0.25) is 0 Å². The molecule has 120 valence electrons. The van der Waals surface area contributed by atoms with E-state index in [9.17, 15) is 19.4 Å². The number of amides is 1. The van der Waals surface area contributed by atoms with Gasteiger partial charge in [0.2, 0.25) is 5.91 Å². The standard InChI is InChI=1S/C18H18FNO3/c19-13-3-1-12(2-4-13)17(22)10-7-15-11-18(23)20(15)14-5-8-16(21)9-6-14/h1-6,8-9,15,17,21-22H,7,10-11H2/t15-,17-/m0/s1. The Morgan fingerprint density at radius 2 is 1.78 bits per heavy atom. The highest BCUT2D eigenvalue weighted by atomic mass is 19.1. The molecule has 0 saturated carbocycles. The molecule has 2 atom stereocenters. The van der Waals surface area contributed by atoms with Gasteiger partial charge in [-0.3, -0.25) is 4.79 Å². The number of anilines is 1. The van der Waals surface area contributed by atoms with Crippen LogP contribution in [0.25, 0.3) is 0 Å². The summed E-state index contributed by atoms with van der Waals surface area (Å²) < 4.78 is 12.9. The molecular formula is C18H18FNO3. The molecule has 1 saturated heterocycles. The van der Waals surface area contributed by atoms with Crippen LogP contribution in [0.3, 0.4) is 0 Å². The summed E-state index contributed by atoms with van der Waals surface area (Å²) in [6.07, 6.45) is 0.938. The molecule has 5 heteroatoms. The molecule has 0 radical (unpaired) electrons. The van der Waals surface area contributed by atoms with Crippen molar-refractivity contribution in [1.82, 2.24) is 0 Å². The number of carbonyl (C=O) groups excluding carboxylic acids is 1. The van der Waals surface area contributed by atoms with E-state index in [4.69, 9.17) is 0 Å². The van der Waals surface area contributed by atoms with Crippen LogP contribution in [0.4, 0.5) is 10.1 Å². The zero-order valence-electron chi connectivity index (χ0n) is 12.5. The van der Waals surface area contributed by atoms with E-state index in [1.54, 1.807) is 41.3 Å². The van der Waals surface area contributed by atoms with E-state index in [-0.39, 0.29) is 23.5 Å². The minimum Gasteiger partial charge on any atom is -0.508 e. The van der Waals surface area contributed by atoms with E-state index in [1.165, 1.54) is 12.1 Å². The second-order valence-corrected chi connectivity index (χ2v) is 5.78. The third-order valence-corrected chi connectivity index (χ3v) is 4.20. The van der Waals surface area contributed by atoms with Crippen LogP contribution >= 0.6 is 0 Å². The van der Waals surface area contributed by atoms with Crippen molar-refractivity contribution >= 4 is 11.6 Å². The summed E-state index contributed by atoms with van der Waals surface area (Å²) in [6, 6.07) is 12.3. The molecule has 2 N–H and O–H groups in total. The van der Waals surface area contributed by atoms with Gasteiger partial charge in [-0.2, -0.15) is 0 Å². The molecular weight excluding hydrogens is 297 g/mol. The smallest absolute Gasteiger partial charge is 0.229 e. The van der Waals surface area contributed by atoms with Gasteiger partial charge < -0.3 is 15.1 Å². The molecule has 0 unspecified atom stereocenters. The van der Waals surface area contributed by atoms with Crippen molar-refractivity contribution in [2.75, 3.05) is 4.90 Å². The maximum Gasteiger partial charge on any atom is 0.229 e. The highest BCUT2D eigenvalue weighted by Gasteiger charge is 2.37. The number of hydrogen-bond acceptors (Lipinski definition) is 3. The lowest BCUT2D eigenvalue weighted by molar-refractivity contribution is -0.124. The number of rotatable bonds is 5. The third-order valence-electron chi connectivity index (χ3n) is 4.20. The number of nitrogens with zero attached hydrogens (tertiary/aromatic N) is 1. The first kappa shape index (κ1) is 15.5. The van der Waals surface area contributed by atoms with Crippen molar-refractivity contribution in [3.05, 3.63) is 59.9 Å². The fourth-order valence-corrected chi connectivity index (χ4v) is 2.88. The van der Waals surface area contributed by atoms with Gasteiger partial charge in [0.25, 0.3) is 0 Å². The van der Waals surface area contributed by atoms with Gasteiger partial charge in [0.15, 0.2) is 0 Å². The van der Waals surface area contributed by atoms with E-state index in [1.807, 2.05) is 0 Å². The Morgan fingerprint density at radius 3 is 2.39 bits per heavy atom. The summed E-state index contributed by atoms with van der Waals surface area (Å²) >= 11 is 0. The monoisotopic (exact) mass is 315 g/mol. The summed E-state index contributed by atoms with van der Waals surface area (Å²) in [5.41, 5.74) is 1.42. The molecule has 1 aliphatic heterocycles. The number of aliphatic hydroxyl groups is 1. The molecule has 0 aromatic heterocycles. The number of halogens is 1. The Hall–Kier alpha value is -2.40. The van der Waals surface area contributed by atoms with Crippen LogP contribution in [0, 0.1) is 5.82 Å². The van der Waals surface area contributed by atoms with Crippen molar-refractivity contribution in [2.45, 2.75) is 31.4 Å². The minimum absolute atomic E-state index is 0.0389. The first-order valence-electron chi connectivity index (χ1n) is 7.59. The number of hydrogen-bond donors (Lipinski definition) is 2. The molecule has 0 bridgehead atoms.